The Bertz CT molecular complexity index is 970. The van der Waals surface area contributed by atoms with Crippen molar-refractivity contribution in [2.45, 2.75) is 9.79 Å². The van der Waals surface area contributed by atoms with Crippen LogP contribution in [-0.4, -0.2) is 25.9 Å². The SMILES string of the molecule is C=C(c1ccc(N)cc1S(=O)(=O)[O-])c1ccc(N)cc1S(=O)(=O)[O-].[Na+].[Na+]. The fourth-order valence-corrected chi connectivity index (χ4v) is 3.62. The zero-order valence-electron chi connectivity index (χ0n) is 14.1. The molecule has 0 unspecified atom stereocenters. The first-order chi connectivity index (χ1) is 10.9. The van der Waals surface area contributed by atoms with Crippen molar-refractivity contribution in [3.05, 3.63) is 54.1 Å². The van der Waals surface area contributed by atoms with Crippen molar-refractivity contribution in [1.82, 2.24) is 0 Å². The molecule has 128 valence electrons. The summed E-state index contributed by atoms with van der Waals surface area (Å²) >= 11 is 0. The van der Waals surface area contributed by atoms with Gasteiger partial charge in [0.15, 0.2) is 0 Å². The van der Waals surface area contributed by atoms with Gasteiger partial charge < -0.3 is 20.6 Å². The summed E-state index contributed by atoms with van der Waals surface area (Å²) in [5, 5.41) is 0. The first-order valence-corrected chi connectivity index (χ1v) is 9.13. The Hall–Kier alpha value is -0.400. The van der Waals surface area contributed by atoms with E-state index in [-0.39, 0.29) is 87.2 Å². The molecule has 12 heteroatoms. The number of nitrogen functional groups attached to an aromatic ring is 2. The van der Waals surface area contributed by atoms with Crippen LogP contribution < -0.4 is 70.6 Å². The second-order valence-electron chi connectivity index (χ2n) is 4.90. The van der Waals surface area contributed by atoms with Gasteiger partial charge in [-0.25, -0.2) is 16.8 Å². The van der Waals surface area contributed by atoms with Crippen LogP contribution in [0, 0.1) is 0 Å². The molecule has 0 radical (unpaired) electrons. The molecule has 0 bridgehead atoms. The van der Waals surface area contributed by atoms with E-state index in [1.807, 2.05) is 0 Å². The van der Waals surface area contributed by atoms with Crippen LogP contribution in [0.2, 0.25) is 0 Å². The standard InChI is InChI=1S/C14H14N2O6S2.2Na/c1-8(11-4-2-9(15)6-13(11)23(17,18)19)12-5-3-10(16)7-14(12)24(20,21)22;;/h2-7H,1,15-16H2,(H,17,18,19)(H,20,21,22);;/q;2*+1/p-2. The van der Waals surface area contributed by atoms with E-state index < -0.39 is 30.0 Å². The van der Waals surface area contributed by atoms with Crippen LogP contribution in [0.1, 0.15) is 11.1 Å². The molecule has 0 saturated heterocycles. The Morgan fingerprint density at radius 3 is 1.35 bits per heavy atom. The molecular weight excluding hydrogens is 402 g/mol. The monoisotopic (exact) mass is 414 g/mol. The van der Waals surface area contributed by atoms with Crippen LogP contribution in [-0.2, 0) is 20.2 Å². The summed E-state index contributed by atoms with van der Waals surface area (Å²) in [6.45, 7) is 3.61. The summed E-state index contributed by atoms with van der Waals surface area (Å²) in [4.78, 5) is -1.34. The molecule has 0 heterocycles. The maximum Gasteiger partial charge on any atom is 1.00 e. The topological polar surface area (TPSA) is 166 Å². The number of rotatable bonds is 4. The van der Waals surface area contributed by atoms with Crippen LogP contribution in [0.5, 0.6) is 0 Å². The average Bonchev–Trinajstić information content (AvgIpc) is 2.44. The smallest absolute Gasteiger partial charge is 0.744 e. The minimum Gasteiger partial charge on any atom is -0.744 e. The van der Waals surface area contributed by atoms with Gasteiger partial charge in [-0.3, -0.25) is 0 Å². The van der Waals surface area contributed by atoms with E-state index in [0.717, 1.165) is 12.1 Å². The van der Waals surface area contributed by atoms with E-state index >= 15 is 0 Å². The van der Waals surface area contributed by atoms with Crippen molar-refractivity contribution in [2.24, 2.45) is 0 Å². The Morgan fingerprint density at radius 1 is 0.769 bits per heavy atom. The van der Waals surface area contributed by atoms with Gasteiger partial charge in [0.1, 0.15) is 20.2 Å². The minimum absolute atomic E-state index is 0. The van der Waals surface area contributed by atoms with Crippen molar-refractivity contribution in [3.8, 4) is 0 Å². The van der Waals surface area contributed by atoms with E-state index in [2.05, 4.69) is 6.58 Å². The van der Waals surface area contributed by atoms with Crippen molar-refractivity contribution in [3.63, 3.8) is 0 Å². The molecule has 2 rings (SSSR count). The predicted molar refractivity (Wildman–Crippen MR) is 85.8 cm³/mol. The van der Waals surface area contributed by atoms with Gasteiger partial charge in [-0.05, 0) is 41.0 Å². The number of hydrogen-bond acceptors (Lipinski definition) is 8. The van der Waals surface area contributed by atoms with Crippen molar-refractivity contribution in [2.75, 3.05) is 11.5 Å². The van der Waals surface area contributed by atoms with E-state index in [1.165, 1.54) is 24.3 Å². The molecule has 0 aliphatic carbocycles. The van der Waals surface area contributed by atoms with Crippen molar-refractivity contribution >= 4 is 37.2 Å². The van der Waals surface area contributed by atoms with Gasteiger partial charge in [-0.15, -0.1) is 0 Å². The maximum atomic E-state index is 11.4. The Labute approximate surface area is 195 Å². The number of anilines is 2. The van der Waals surface area contributed by atoms with Gasteiger partial charge in [-0.1, -0.05) is 18.7 Å². The zero-order chi connectivity index (χ0) is 18.3. The van der Waals surface area contributed by atoms with E-state index in [0.29, 0.717) is 0 Å². The quantitative estimate of drug-likeness (QED) is 0.284. The van der Waals surface area contributed by atoms with Gasteiger partial charge in [0.05, 0.1) is 9.79 Å². The van der Waals surface area contributed by atoms with Gasteiger partial charge in [0, 0.05) is 11.4 Å². The minimum atomic E-state index is -4.91. The Morgan fingerprint density at radius 2 is 1.08 bits per heavy atom. The summed E-state index contributed by atoms with van der Waals surface area (Å²) in [5.74, 6) is 0. The molecule has 0 amide bonds. The van der Waals surface area contributed by atoms with Gasteiger partial charge in [0.25, 0.3) is 0 Å². The van der Waals surface area contributed by atoms with E-state index in [4.69, 9.17) is 11.5 Å². The van der Waals surface area contributed by atoms with Crippen molar-refractivity contribution in [1.29, 1.82) is 0 Å². The second kappa shape index (κ2) is 9.20. The third kappa shape index (κ3) is 5.80. The molecule has 26 heavy (non-hydrogen) atoms. The first-order valence-electron chi connectivity index (χ1n) is 6.32. The summed E-state index contributed by atoms with van der Waals surface area (Å²) in [6, 6.07) is 6.92. The van der Waals surface area contributed by atoms with Crippen molar-refractivity contribution < 1.29 is 85.1 Å². The molecule has 8 nitrogen and oxygen atoms in total. The summed E-state index contributed by atoms with van der Waals surface area (Å²) in [7, 11) is -9.82. The van der Waals surface area contributed by atoms with Gasteiger partial charge in [0.2, 0.25) is 0 Å². The Kier molecular flexibility index (Phi) is 9.05. The summed E-state index contributed by atoms with van der Waals surface area (Å²) in [6.07, 6.45) is 0. The number of nitrogens with two attached hydrogens (primary N) is 2. The molecule has 0 saturated carbocycles. The van der Waals surface area contributed by atoms with Crippen LogP contribution >= 0.6 is 0 Å². The fourth-order valence-electron chi connectivity index (χ4n) is 2.14. The average molecular weight is 414 g/mol. The van der Waals surface area contributed by atoms with E-state index in [9.17, 15) is 25.9 Å². The molecular formula is C14H12N2Na2O6S2. The van der Waals surface area contributed by atoms with Crippen LogP contribution in [0.15, 0.2) is 52.8 Å². The summed E-state index contributed by atoms with van der Waals surface area (Å²) < 4.78 is 68.6. The maximum absolute atomic E-state index is 11.4. The normalized spacial score (nSPS) is 11.2. The number of hydrogen-bond donors (Lipinski definition) is 2. The van der Waals surface area contributed by atoms with Crippen LogP contribution in [0.4, 0.5) is 11.4 Å². The molecule has 0 aliphatic heterocycles. The van der Waals surface area contributed by atoms with E-state index in [1.54, 1.807) is 0 Å². The Balaban J connectivity index is 0.00000312. The zero-order valence-corrected chi connectivity index (χ0v) is 19.7. The van der Waals surface area contributed by atoms with Gasteiger partial charge >= 0.3 is 59.1 Å². The largest absolute Gasteiger partial charge is 1.00 e. The second-order valence-corrected chi connectivity index (χ2v) is 7.59. The summed E-state index contributed by atoms with van der Waals surface area (Å²) in [5.41, 5.74) is 10.6. The molecule has 2 aromatic rings. The molecule has 0 fully saturated rings. The molecule has 0 aliphatic rings. The molecule has 0 atom stereocenters. The van der Waals surface area contributed by atoms with Gasteiger partial charge in [-0.2, -0.15) is 0 Å². The first kappa shape index (κ1) is 25.6. The molecule has 4 N–H and O–H groups in total. The van der Waals surface area contributed by atoms with Crippen LogP contribution in [0.25, 0.3) is 5.57 Å². The third-order valence-electron chi connectivity index (χ3n) is 3.20. The fraction of sp³-hybridized carbons (Fsp3) is 0. The molecule has 2 aromatic carbocycles. The predicted octanol–water partition coefficient (Wildman–Crippen LogP) is -5.27. The third-order valence-corrected chi connectivity index (χ3v) is 4.95. The van der Waals surface area contributed by atoms with Crippen LogP contribution in [0.3, 0.4) is 0 Å². The molecule has 0 spiro atoms. The number of benzene rings is 2. The molecule has 0 aromatic heterocycles.